The van der Waals surface area contributed by atoms with Gasteiger partial charge in [0.25, 0.3) is 0 Å². The number of thioether (sulfide) groups is 1. The first-order chi connectivity index (χ1) is 9.26. The molecule has 2 aromatic heterocycles. The lowest BCUT2D eigenvalue weighted by molar-refractivity contribution is 0.793. The molecule has 0 aliphatic heterocycles. The van der Waals surface area contributed by atoms with Gasteiger partial charge >= 0.3 is 0 Å². The third-order valence-electron chi connectivity index (χ3n) is 2.48. The summed E-state index contributed by atoms with van der Waals surface area (Å²) in [6.45, 7) is 0. The van der Waals surface area contributed by atoms with Crippen LogP contribution in [0, 0.1) is 11.3 Å². The number of nitriles is 1. The first-order valence-corrected chi connectivity index (χ1v) is 7.23. The summed E-state index contributed by atoms with van der Waals surface area (Å²) >= 11 is 7.27. The number of aromatic nitrogens is 4. The number of rotatable bonds is 5. The van der Waals surface area contributed by atoms with Gasteiger partial charge in [0.05, 0.1) is 0 Å². The third-order valence-corrected chi connectivity index (χ3v) is 3.85. The summed E-state index contributed by atoms with van der Waals surface area (Å²) in [7, 11) is 1.91. The molecule has 2 aromatic rings. The molecule has 0 amide bonds. The smallest absolute Gasteiger partial charge is 0.191 e. The van der Waals surface area contributed by atoms with Crippen molar-refractivity contribution >= 4 is 23.4 Å². The Bertz CT molecular complexity index is 587. The van der Waals surface area contributed by atoms with Gasteiger partial charge in [0, 0.05) is 30.4 Å². The molecule has 98 valence electrons. The molecule has 0 fully saturated rings. The van der Waals surface area contributed by atoms with Gasteiger partial charge in [-0.15, -0.1) is 21.8 Å². The van der Waals surface area contributed by atoms with E-state index in [4.69, 9.17) is 16.9 Å². The zero-order valence-electron chi connectivity index (χ0n) is 10.4. The van der Waals surface area contributed by atoms with Gasteiger partial charge in [0.1, 0.15) is 11.8 Å². The van der Waals surface area contributed by atoms with Crippen molar-refractivity contribution in [2.24, 2.45) is 7.05 Å². The first kappa shape index (κ1) is 13.8. The summed E-state index contributed by atoms with van der Waals surface area (Å²) in [5, 5.41) is 17.9. The van der Waals surface area contributed by atoms with Gasteiger partial charge in [-0.05, 0) is 18.6 Å². The normalized spacial score (nSPS) is 10.4. The monoisotopic (exact) mass is 293 g/mol. The Labute approximate surface area is 120 Å². The molecular formula is C12H12ClN5S. The van der Waals surface area contributed by atoms with E-state index in [1.807, 2.05) is 23.8 Å². The van der Waals surface area contributed by atoms with E-state index in [1.54, 1.807) is 24.0 Å². The van der Waals surface area contributed by atoms with Crippen molar-refractivity contribution < 1.29 is 0 Å². The number of hydrogen-bond donors (Lipinski definition) is 0. The summed E-state index contributed by atoms with van der Waals surface area (Å²) < 4.78 is 1.92. The van der Waals surface area contributed by atoms with E-state index in [0.29, 0.717) is 11.6 Å². The minimum atomic E-state index is 0.391. The maximum Gasteiger partial charge on any atom is 0.191 e. The van der Waals surface area contributed by atoms with Crippen molar-refractivity contribution in [3.8, 4) is 17.5 Å². The summed E-state index contributed by atoms with van der Waals surface area (Å²) in [5.74, 6) is 2.31. The highest BCUT2D eigenvalue weighted by atomic mass is 35.5. The fourth-order valence-electron chi connectivity index (χ4n) is 1.50. The maximum atomic E-state index is 8.72. The summed E-state index contributed by atoms with van der Waals surface area (Å²) in [4.78, 5) is 4.03. The standard InChI is InChI=1S/C12H12ClN5S/c1-18-11(9-3-4-10(7-14)15-8-9)16-17-12(18)19-6-2-5-13/h3-4,8H,2,5-6H2,1H3. The highest BCUT2D eigenvalue weighted by Gasteiger charge is 2.11. The molecule has 19 heavy (non-hydrogen) atoms. The zero-order valence-corrected chi connectivity index (χ0v) is 11.9. The molecule has 0 radical (unpaired) electrons. The van der Waals surface area contributed by atoms with Crippen LogP contribution in [0.15, 0.2) is 23.5 Å². The van der Waals surface area contributed by atoms with Gasteiger partial charge in [0.15, 0.2) is 11.0 Å². The quantitative estimate of drug-likeness (QED) is 0.481. The fourth-order valence-corrected chi connectivity index (χ4v) is 2.64. The molecule has 7 heteroatoms. The van der Waals surface area contributed by atoms with E-state index in [0.717, 1.165) is 28.7 Å². The molecule has 0 saturated heterocycles. The Morgan fingerprint density at radius 1 is 1.42 bits per heavy atom. The summed E-state index contributed by atoms with van der Waals surface area (Å²) in [5.41, 5.74) is 1.24. The van der Waals surface area contributed by atoms with E-state index in [2.05, 4.69) is 15.2 Å². The molecule has 2 heterocycles. The van der Waals surface area contributed by atoms with Gasteiger partial charge < -0.3 is 4.57 Å². The minimum Gasteiger partial charge on any atom is -0.305 e. The number of alkyl halides is 1. The fraction of sp³-hybridized carbons (Fsp3) is 0.333. The van der Waals surface area contributed by atoms with E-state index < -0.39 is 0 Å². The van der Waals surface area contributed by atoms with Crippen molar-refractivity contribution in [2.75, 3.05) is 11.6 Å². The molecule has 0 bridgehead atoms. The number of hydrogen-bond acceptors (Lipinski definition) is 5. The molecule has 0 aliphatic rings. The third kappa shape index (κ3) is 3.25. The Kier molecular flexibility index (Phi) is 4.77. The minimum absolute atomic E-state index is 0.391. The van der Waals surface area contributed by atoms with E-state index >= 15 is 0 Å². The average Bonchev–Trinajstić information content (AvgIpc) is 2.81. The van der Waals surface area contributed by atoms with Crippen LogP contribution in [0.4, 0.5) is 0 Å². The summed E-state index contributed by atoms with van der Waals surface area (Å²) in [6, 6.07) is 5.48. The van der Waals surface area contributed by atoms with Crippen molar-refractivity contribution in [1.29, 1.82) is 5.26 Å². The molecule has 0 spiro atoms. The van der Waals surface area contributed by atoms with Gasteiger partial charge in [-0.25, -0.2) is 4.98 Å². The first-order valence-electron chi connectivity index (χ1n) is 5.71. The van der Waals surface area contributed by atoms with Crippen LogP contribution in [0.3, 0.4) is 0 Å². The molecule has 0 aliphatic carbocycles. The van der Waals surface area contributed by atoms with Gasteiger partial charge in [-0.2, -0.15) is 5.26 Å². The van der Waals surface area contributed by atoms with E-state index in [1.165, 1.54) is 0 Å². The lowest BCUT2D eigenvalue weighted by Crippen LogP contribution is -1.96. The second-order valence-electron chi connectivity index (χ2n) is 3.80. The number of halogens is 1. The Balaban J connectivity index is 2.18. The molecular weight excluding hydrogens is 282 g/mol. The van der Waals surface area contributed by atoms with Crippen LogP contribution in [0.5, 0.6) is 0 Å². The van der Waals surface area contributed by atoms with Crippen molar-refractivity contribution in [3.63, 3.8) is 0 Å². The second kappa shape index (κ2) is 6.55. The lowest BCUT2D eigenvalue weighted by atomic mass is 10.2. The molecule has 5 nitrogen and oxygen atoms in total. The second-order valence-corrected chi connectivity index (χ2v) is 5.24. The van der Waals surface area contributed by atoms with Crippen LogP contribution in [0.25, 0.3) is 11.4 Å². The van der Waals surface area contributed by atoms with Crippen molar-refractivity contribution in [3.05, 3.63) is 24.0 Å². The number of nitrogens with zero attached hydrogens (tertiary/aromatic N) is 5. The van der Waals surface area contributed by atoms with Gasteiger partial charge in [-0.3, -0.25) is 0 Å². The molecule has 0 aromatic carbocycles. The van der Waals surface area contributed by atoms with E-state index in [9.17, 15) is 0 Å². The van der Waals surface area contributed by atoms with Crippen LogP contribution in [0.2, 0.25) is 0 Å². The number of pyridine rings is 1. The molecule has 0 unspecified atom stereocenters. The highest BCUT2D eigenvalue weighted by molar-refractivity contribution is 7.99. The van der Waals surface area contributed by atoms with E-state index in [-0.39, 0.29) is 0 Å². The Morgan fingerprint density at radius 2 is 2.26 bits per heavy atom. The molecule has 0 N–H and O–H groups in total. The zero-order chi connectivity index (χ0) is 13.7. The lowest BCUT2D eigenvalue weighted by Gasteiger charge is -2.03. The predicted molar refractivity (Wildman–Crippen MR) is 75.0 cm³/mol. The Morgan fingerprint density at radius 3 is 2.89 bits per heavy atom. The van der Waals surface area contributed by atoms with Crippen molar-refractivity contribution in [2.45, 2.75) is 11.6 Å². The van der Waals surface area contributed by atoms with Crippen LogP contribution in [-0.4, -0.2) is 31.4 Å². The topological polar surface area (TPSA) is 67.4 Å². The van der Waals surface area contributed by atoms with Gasteiger partial charge in [-0.1, -0.05) is 11.8 Å². The highest BCUT2D eigenvalue weighted by Crippen LogP contribution is 2.22. The molecule has 0 atom stereocenters. The van der Waals surface area contributed by atoms with Gasteiger partial charge in [0.2, 0.25) is 0 Å². The Hall–Kier alpha value is -1.58. The largest absolute Gasteiger partial charge is 0.305 e. The van der Waals surface area contributed by atoms with Crippen LogP contribution < -0.4 is 0 Å². The molecule has 0 saturated carbocycles. The SMILES string of the molecule is Cn1c(SCCCCl)nnc1-c1ccc(C#N)nc1. The van der Waals surface area contributed by atoms with Crippen molar-refractivity contribution in [1.82, 2.24) is 19.7 Å². The summed E-state index contributed by atoms with van der Waals surface area (Å²) in [6.07, 6.45) is 2.57. The van der Waals surface area contributed by atoms with Crippen LogP contribution in [0.1, 0.15) is 12.1 Å². The maximum absolute atomic E-state index is 8.72. The average molecular weight is 294 g/mol. The van der Waals surface area contributed by atoms with Crippen LogP contribution in [-0.2, 0) is 7.05 Å². The predicted octanol–water partition coefficient (Wildman–Crippen LogP) is 2.47. The van der Waals surface area contributed by atoms with Crippen LogP contribution >= 0.6 is 23.4 Å². The molecule has 2 rings (SSSR count).